The van der Waals surface area contributed by atoms with Crippen LogP contribution in [0.1, 0.15) is 24.2 Å². The summed E-state index contributed by atoms with van der Waals surface area (Å²) in [7, 11) is -3.48. The van der Waals surface area contributed by atoms with Gasteiger partial charge in [-0.05, 0) is 24.6 Å². The van der Waals surface area contributed by atoms with Crippen molar-refractivity contribution in [2.24, 2.45) is 5.73 Å². The van der Waals surface area contributed by atoms with Crippen molar-refractivity contribution in [1.29, 1.82) is 0 Å². The van der Waals surface area contributed by atoms with Crippen molar-refractivity contribution in [3.8, 4) is 0 Å². The molecule has 0 saturated heterocycles. The van der Waals surface area contributed by atoms with E-state index in [0.717, 1.165) is 11.3 Å². The summed E-state index contributed by atoms with van der Waals surface area (Å²) in [5, 5.41) is 0. The Morgan fingerprint density at radius 3 is 2.60 bits per heavy atom. The average molecular weight is 294 g/mol. The van der Waals surface area contributed by atoms with Crippen molar-refractivity contribution in [3.63, 3.8) is 0 Å². The zero-order valence-corrected chi connectivity index (χ0v) is 12.0. The number of aromatic nitrogens is 2. The molecule has 0 radical (unpaired) electrons. The van der Waals surface area contributed by atoms with E-state index in [9.17, 15) is 8.42 Å². The molecule has 0 amide bonds. The standard InChI is InChI=1S/C13H18N4O2S/c1-10(14)11-2-4-13(5-3-11)20(18,19)17-7-6-12-8-15-9-16-12/h2-5,8-10,17H,6-7,14H2,1H3,(H,15,16). The van der Waals surface area contributed by atoms with Gasteiger partial charge in [-0.15, -0.1) is 0 Å². The van der Waals surface area contributed by atoms with Gasteiger partial charge in [0.2, 0.25) is 10.0 Å². The third-order valence-corrected chi connectivity index (χ3v) is 4.43. The lowest BCUT2D eigenvalue weighted by molar-refractivity contribution is 0.581. The van der Waals surface area contributed by atoms with Crippen LogP contribution in [0.2, 0.25) is 0 Å². The SMILES string of the molecule is CC(N)c1ccc(S(=O)(=O)NCCc2cnc[nH]2)cc1. The van der Waals surface area contributed by atoms with E-state index < -0.39 is 10.0 Å². The molecule has 6 nitrogen and oxygen atoms in total. The average Bonchev–Trinajstić information content (AvgIpc) is 2.92. The van der Waals surface area contributed by atoms with Gasteiger partial charge in [0.05, 0.1) is 11.2 Å². The minimum absolute atomic E-state index is 0.111. The molecular formula is C13H18N4O2S. The van der Waals surface area contributed by atoms with Crippen LogP contribution in [-0.4, -0.2) is 24.9 Å². The first kappa shape index (κ1) is 14.7. The number of rotatable bonds is 6. The van der Waals surface area contributed by atoms with Crippen LogP contribution in [0.15, 0.2) is 41.7 Å². The predicted octanol–water partition coefficient (Wildman–Crippen LogP) is 0.950. The highest BCUT2D eigenvalue weighted by atomic mass is 32.2. The largest absolute Gasteiger partial charge is 0.348 e. The van der Waals surface area contributed by atoms with Gasteiger partial charge >= 0.3 is 0 Å². The molecule has 0 aliphatic heterocycles. The molecule has 7 heteroatoms. The zero-order valence-electron chi connectivity index (χ0n) is 11.2. The van der Waals surface area contributed by atoms with Gasteiger partial charge in [0, 0.05) is 30.9 Å². The van der Waals surface area contributed by atoms with Gasteiger partial charge in [-0.3, -0.25) is 0 Å². The molecule has 0 saturated carbocycles. The Labute approximate surface area is 118 Å². The number of H-pyrrole nitrogens is 1. The number of hydrogen-bond donors (Lipinski definition) is 3. The van der Waals surface area contributed by atoms with Gasteiger partial charge in [0.25, 0.3) is 0 Å². The fourth-order valence-electron chi connectivity index (χ4n) is 1.78. The molecule has 2 rings (SSSR count). The molecule has 2 aromatic rings. The van der Waals surface area contributed by atoms with Crippen LogP contribution in [-0.2, 0) is 16.4 Å². The van der Waals surface area contributed by atoms with Crippen LogP contribution >= 0.6 is 0 Å². The van der Waals surface area contributed by atoms with Crippen molar-refractivity contribution >= 4 is 10.0 Å². The maximum Gasteiger partial charge on any atom is 0.240 e. The number of benzene rings is 1. The number of nitrogens with one attached hydrogen (secondary N) is 2. The third-order valence-electron chi connectivity index (χ3n) is 2.96. The second-order valence-electron chi connectivity index (χ2n) is 4.58. The minimum atomic E-state index is -3.48. The van der Waals surface area contributed by atoms with Gasteiger partial charge in [-0.1, -0.05) is 12.1 Å². The molecule has 4 N–H and O–H groups in total. The zero-order chi connectivity index (χ0) is 14.6. The highest BCUT2D eigenvalue weighted by Crippen LogP contribution is 2.14. The van der Waals surface area contributed by atoms with Crippen molar-refractivity contribution in [2.75, 3.05) is 6.54 Å². The van der Waals surface area contributed by atoms with Crippen LogP contribution < -0.4 is 10.5 Å². The summed E-state index contributed by atoms with van der Waals surface area (Å²) in [6.07, 6.45) is 3.80. The number of nitrogens with zero attached hydrogens (tertiary/aromatic N) is 1. The lowest BCUT2D eigenvalue weighted by Gasteiger charge is -2.09. The van der Waals surface area contributed by atoms with E-state index in [1.807, 2.05) is 6.92 Å². The normalized spacial score (nSPS) is 13.3. The smallest absolute Gasteiger partial charge is 0.240 e. The molecule has 1 heterocycles. The second-order valence-corrected chi connectivity index (χ2v) is 6.35. The Hall–Kier alpha value is -1.70. The molecule has 1 aromatic carbocycles. The Morgan fingerprint density at radius 1 is 1.35 bits per heavy atom. The molecule has 0 fully saturated rings. The first-order valence-electron chi connectivity index (χ1n) is 6.31. The summed E-state index contributed by atoms with van der Waals surface area (Å²) in [5.74, 6) is 0. The molecule has 108 valence electrons. The van der Waals surface area contributed by atoms with Crippen molar-refractivity contribution < 1.29 is 8.42 Å². The number of nitrogens with two attached hydrogens (primary N) is 1. The molecule has 0 aliphatic rings. The maximum absolute atomic E-state index is 12.1. The summed E-state index contributed by atoms with van der Waals surface area (Å²) in [6, 6.07) is 6.48. The van der Waals surface area contributed by atoms with E-state index in [4.69, 9.17) is 5.73 Å². The predicted molar refractivity (Wildman–Crippen MR) is 76.5 cm³/mol. The van der Waals surface area contributed by atoms with Gasteiger partial charge in [-0.2, -0.15) is 0 Å². The number of hydrogen-bond acceptors (Lipinski definition) is 4. The maximum atomic E-state index is 12.1. The number of imidazole rings is 1. The second kappa shape index (κ2) is 6.17. The van der Waals surface area contributed by atoms with E-state index in [0.29, 0.717) is 13.0 Å². The summed E-state index contributed by atoms with van der Waals surface area (Å²) in [6.45, 7) is 2.17. The van der Waals surface area contributed by atoms with Gasteiger partial charge in [0.15, 0.2) is 0 Å². The highest BCUT2D eigenvalue weighted by Gasteiger charge is 2.13. The fraction of sp³-hybridized carbons (Fsp3) is 0.308. The Bertz CT molecular complexity index is 634. The summed E-state index contributed by atoms with van der Waals surface area (Å²) < 4.78 is 26.7. The molecule has 0 spiro atoms. The van der Waals surface area contributed by atoms with Crippen LogP contribution in [0.5, 0.6) is 0 Å². The molecular weight excluding hydrogens is 276 g/mol. The first-order valence-corrected chi connectivity index (χ1v) is 7.80. The number of sulfonamides is 1. The van der Waals surface area contributed by atoms with Crippen molar-refractivity contribution in [1.82, 2.24) is 14.7 Å². The van der Waals surface area contributed by atoms with E-state index in [1.54, 1.807) is 36.8 Å². The van der Waals surface area contributed by atoms with Crippen LogP contribution in [0.3, 0.4) is 0 Å². The van der Waals surface area contributed by atoms with E-state index >= 15 is 0 Å². The molecule has 0 aliphatic carbocycles. The summed E-state index contributed by atoms with van der Waals surface area (Å²) in [4.78, 5) is 7.04. The lowest BCUT2D eigenvalue weighted by atomic mass is 10.1. The Balaban J connectivity index is 1.99. The van der Waals surface area contributed by atoms with E-state index in [2.05, 4.69) is 14.7 Å². The third kappa shape index (κ3) is 3.66. The van der Waals surface area contributed by atoms with E-state index in [1.165, 1.54) is 0 Å². The highest BCUT2D eigenvalue weighted by molar-refractivity contribution is 7.89. The Morgan fingerprint density at radius 2 is 2.05 bits per heavy atom. The quantitative estimate of drug-likeness (QED) is 0.738. The molecule has 1 aromatic heterocycles. The summed E-state index contributed by atoms with van der Waals surface area (Å²) >= 11 is 0. The van der Waals surface area contributed by atoms with E-state index in [-0.39, 0.29) is 10.9 Å². The van der Waals surface area contributed by atoms with Crippen LogP contribution in [0, 0.1) is 0 Å². The van der Waals surface area contributed by atoms with Crippen molar-refractivity contribution in [2.45, 2.75) is 24.3 Å². The van der Waals surface area contributed by atoms with Crippen LogP contribution in [0.4, 0.5) is 0 Å². The Kier molecular flexibility index (Phi) is 4.53. The van der Waals surface area contributed by atoms with Gasteiger partial charge in [0.1, 0.15) is 0 Å². The molecule has 20 heavy (non-hydrogen) atoms. The van der Waals surface area contributed by atoms with Gasteiger partial charge in [-0.25, -0.2) is 18.1 Å². The number of aromatic amines is 1. The first-order chi connectivity index (χ1) is 9.49. The summed E-state index contributed by atoms with van der Waals surface area (Å²) in [5.41, 5.74) is 7.53. The van der Waals surface area contributed by atoms with Crippen LogP contribution in [0.25, 0.3) is 0 Å². The van der Waals surface area contributed by atoms with Gasteiger partial charge < -0.3 is 10.7 Å². The lowest BCUT2D eigenvalue weighted by Crippen LogP contribution is -2.26. The van der Waals surface area contributed by atoms with Crippen molar-refractivity contribution in [3.05, 3.63) is 48.0 Å². The minimum Gasteiger partial charge on any atom is -0.348 e. The fourth-order valence-corrected chi connectivity index (χ4v) is 2.81. The molecule has 0 bridgehead atoms. The topological polar surface area (TPSA) is 101 Å². The molecule has 1 atom stereocenters. The molecule has 1 unspecified atom stereocenters. The monoisotopic (exact) mass is 294 g/mol.